The van der Waals surface area contributed by atoms with Crippen molar-refractivity contribution in [2.45, 2.75) is 19.3 Å². The maximum absolute atomic E-state index is 13.9. The van der Waals surface area contributed by atoms with Crippen molar-refractivity contribution in [3.8, 4) is 5.75 Å². The molecule has 26 heavy (non-hydrogen) atoms. The van der Waals surface area contributed by atoms with Crippen LogP contribution in [-0.4, -0.2) is 29.0 Å². The van der Waals surface area contributed by atoms with Gasteiger partial charge in [-0.3, -0.25) is 4.79 Å². The van der Waals surface area contributed by atoms with Crippen molar-refractivity contribution in [3.05, 3.63) is 64.7 Å². The van der Waals surface area contributed by atoms with Crippen molar-refractivity contribution in [2.75, 3.05) is 13.1 Å². The summed E-state index contributed by atoms with van der Waals surface area (Å²) >= 11 is 0. The Bertz CT molecular complexity index is 789. The van der Waals surface area contributed by atoms with Gasteiger partial charge in [0.05, 0.1) is 0 Å². The van der Waals surface area contributed by atoms with Gasteiger partial charge in [-0.25, -0.2) is 8.78 Å². The first kappa shape index (κ1) is 18.2. The Morgan fingerprint density at radius 3 is 2.04 bits per heavy atom. The van der Waals surface area contributed by atoms with E-state index in [0.29, 0.717) is 18.8 Å². The summed E-state index contributed by atoms with van der Waals surface area (Å²) < 4.78 is 54.7. The minimum atomic E-state index is -1.97. The highest BCUT2D eigenvalue weighted by Crippen LogP contribution is 2.31. The second-order valence-corrected chi connectivity index (χ2v) is 6.40. The fourth-order valence-electron chi connectivity index (χ4n) is 3.25. The van der Waals surface area contributed by atoms with Crippen LogP contribution in [0.4, 0.5) is 17.6 Å². The molecule has 0 unspecified atom stereocenters. The van der Waals surface area contributed by atoms with Crippen LogP contribution in [0.15, 0.2) is 30.3 Å². The predicted molar refractivity (Wildman–Crippen MR) is 86.7 cm³/mol. The summed E-state index contributed by atoms with van der Waals surface area (Å²) in [5.74, 6) is -10.3. The van der Waals surface area contributed by atoms with Crippen LogP contribution < -0.4 is 0 Å². The van der Waals surface area contributed by atoms with E-state index in [2.05, 4.69) is 0 Å². The molecule has 2 aromatic carbocycles. The molecule has 0 saturated carbocycles. The monoisotopic (exact) mass is 367 g/mol. The molecule has 0 radical (unpaired) electrons. The standard InChI is InChI=1S/C19H17F4NO2/c20-14-13(15(21)17(23)18(25)16(14)22)19(26)24-8-6-12(7-9-24)10-11-4-2-1-3-5-11/h1-5,12,25H,6-10H2. The van der Waals surface area contributed by atoms with E-state index in [1.807, 2.05) is 30.3 Å². The number of carbonyl (C=O) groups is 1. The number of amides is 1. The fourth-order valence-corrected chi connectivity index (χ4v) is 3.25. The van der Waals surface area contributed by atoms with Crippen LogP contribution in [0.3, 0.4) is 0 Å². The molecule has 0 aliphatic carbocycles. The lowest BCUT2D eigenvalue weighted by Gasteiger charge is -2.32. The van der Waals surface area contributed by atoms with Gasteiger partial charge in [0.2, 0.25) is 11.6 Å². The average Bonchev–Trinajstić information content (AvgIpc) is 2.66. The molecule has 1 saturated heterocycles. The number of halogens is 4. The molecule has 2 aromatic rings. The van der Waals surface area contributed by atoms with Crippen LogP contribution in [0.2, 0.25) is 0 Å². The van der Waals surface area contributed by atoms with Gasteiger partial charge in [-0.15, -0.1) is 0 Å². The number of likely N-dealkylation sites (tertiary alicyclic amines) is 1. The Labute approximate surface area is 147 Å². The third-order valence-corrected chi connectivity index (χ3v) is 4.72. The van der Waals surface area contributed by atoms with Crippen LogP contribution in [0.25, 0.3) is 0 Å². The third kappa shape index (κ3) is 3.38. The first-order valence-corrected chi connectivity index (χ1v) is 8.28. The van der Waals surface area contributed by atoms with Crippen LogP contribution >= 0.6 is 0 Å². The quantitative estimate of drug-likeness (QED) is 0.657. The molecule has 0 atom stereocenters. The maximum Gasteiger partial charge on any atom is 0.260 e. The zero-order valence-corrected chi connectivity index (χ0v) is 13.8. The van der Waals surface area contributed by atoms with Gasteiger partial charge in [0.1, 0.15) is 5.56 Å². The number of phenols is 1. The van der Waals surface area contributed by atoms with Gasteiger partial charge in [0, 0.05) is 13.1 Å². The van der Waals surface area contributed by atoms with Crippen molar-refractivity contribution in [3.63, 3.8) is 0 Å². The molecule has 1 aliphatic rings. The topological polar surface area (TPSA) is 40.5 Å². The molecule has 1 N–H and O–H groups in total. The number of hydrogen-bond donors (Lipinski definition) is 1. The van der Waals surface area contributed by atoms with Gasteiger partial charge in [0.15, 0.2) is 17.4 Å². The lowest BCUT2D eigenvalue weighted by molar-refractivity contribution is 0.0677. The smallest absolute Gasteiger partial charge is 0.260 e. The van der Waals surface area contributed by atoms with Crippen molar-refractivity contribution in [1.29, 1.82) is 0 Å². The highest BCUT2D eigenvalue weighted by atomic mass is 19.2. The normalized spacial score (nSPS) is 15.3. The van der Waals surface area contributed by atoms with Gasteiger partial charge < -0.3 is 10.0 Å². The number of carbonyl (C=O) groups excluding carboxylic acids is 1. The minimum Gasteiger partial charge on any atom is -0.503 e. The van der Waals surface area contributed by atoms with Crippen LogP contribution in [0.5, 0.6) is 5.75 Å². The summed E-state index contributed by atoms with van der Waals surface area (Å²) in [6, 6.07) is 9.80. The number of rotatable bonds is 3. The highest BCUT2D eigenvalue weighted by Gasteiger charge is 2.33. The Kier molecular flexibility index (Phi) is 5.15. The van der Waals surface area contributed by atoms with Crippen LogP contribution in [0, 0.1) is 29.2 Å². The molecule has 1 fully saturated rings. The van der Waals surface area contributed by atoms with E-state index >= 15 is 0 Å². The molecule has 3 rings (SSSR count). The SMILES string of the molecule is O=C(c1c(F)c(F)c(O)c(F)c1F)N1CCC(Cc2ccccc2)CC1. The highest BCUT2D eigenvalue weighted by molar-refractivity contribution is 5.95. The molecule has 138 valence electrons. The maximum atomic E-state index is 13.9. The summed E-state index contributed by atoms with van der Waals surface area (Å²) in [4.78, 5) is 13.5. The largest absolute Gasteiger partial charge is 0.503 e. The number of nitrogens with zero attached hydrogens (tertiary/aromatic N) is 1. The number of piperidine rings is 1. The van der Waals surface area contributed by atoms with E-state index in [4.69, 9.17) is 5.11 Å². The van der Waals surface area contributed by atoms with E-state index in [-0.39, 0.29) is 13.1 Å². The Morgan fingerprint density at radius 1 is 0.962 bits per heavy atom. The van der Waals surface area contributed by atoms with Gasteiger partial charge in [-0.1, -0.05) is 30.3 Å². The fraction of sp³-hybridized carbons (Fsp3) is 0.316. The second kappa shape index (κ2) is 7.35. The molecule has 7 heteroatoms. The number of hydrogen-bond acceptors (Lipinski definition) is 2. The lowest BCUT2D eigenvalue weighted by atomic mass is 9.90. The molecular formula is C19H17F4NO2. The summed E-state index contributed by atoms with van der Waals surface area (Å²) in [5, 5.41) is 9.00. The Morgan fingerprint density at radius 2 is 1.50 bits per heavy atom. The molecule has 0 spiro atoms. The van der Waals surface area contributed by atoms with Crippen LogP contribution in [0.1, 0.15) is 28.8 Å². The molecule has 1 heterocycles. The van der Waals surface area contributed by atoms with Crippen molar-refractivity contribution in [1.82, 2.24) is 4.90 Å². The Balaban J connectivity index is 1.71. The molecule has 0 aromatic heterocycles. The number of phenolic OH excluding ortho intramolecular Hbond substituents is 1. The molecule has 1 amide bonds. The summed E-state index contributed by atoms with van der Waals surface area (Å²) in [6.07, 6.45) is 2.06. The van der Waals surface area contributed by atoms with Gasteiger partial charge in [-0.05, 0) is 30.7 Å². The van der Waals surface area contributed by atoms with Crippen molar-refractivity contribution < 1.29 is 27.5 Å². The number of aromatic hydroxyl groups is 1. The van der Waals surface area contributed by atoms with E-state index in [9.17, 15) is 22.4 Å². The zero-order valence-electron chi connectivity index (χ0n) is 13.8. The first-order valence-electron chi connectivity index (χ1n) is 8.28. The third-order valence-electron chi connectivity index (χ3n) is 4.72. The van der Waals surface area contributed by atoms with E-state index < -0.39 is 40.5 Å². The molecule has 1 aliphatic heterocycles. The van der Waals surface area contributed by atoms with E-state index in [1.165, 1.54) is 4.90 Å². The van der Waals surface area contributed by atoms with E-state index in [0.717, 1.165) is 12.0 Å². The van der Waals surface area contributed by atoms with Crippen molar-refractivity contribution in [2.24, 2.45) is 5.92 Å². The summed E-state index contributed by atoms with van der Waals surface area (Å²) in [6.45, 7) is 0.471. The van der Waals surface area contributed by atoms with Gasteiger partial charge in [-0.2, -0.15) is 8.78 Å². The first-order chi connectivity index (χ1) is 12.4. The van der Waals surface area contributed by atoms with Crippen molar-refractivity contribution >= 4 is 5.91 Å². The molecular weight excluding hydrogens is 350 g/mol. The summed E-state index contributed by atoms with van der Waals surface area (Å²) in [7, 11) is 0. The van der Waals surface area contributed by atoms with E-state index in [1.54, 1.807) is 0 Å². The van der Waals surface area contributed by atoms with Crippen LogP contribution in [-0.2, 0) is 6.42 Å². The van der Waals surface area contributed by atoms with Gasteiger partial charge in [0.25, 0.3) is 5.91 Å². The summed E-state index contributed by atoms with van der Waals surface area (Å²) in [5.41, 5.74) is -0.142. The average molecular weight is 367 g/mol. The Hall–Kier alpha value is -2.57. The van der Waals surface area contributed by atoms with Gasteiger partial charge >= 0.3 is 0 Å². The number of benzene rings is 2. The lowest BCUT2D eigenvalue weighted by Crippen LogP contribution is -2.40. The second-order valence-electron chi connectivity index (χ2n) is 6.40. The molecule has 0 bridgehead atoms. The predicted octanol–water partition coefficient (Wildman–Crippen LogP) is 4.04. The zero-order chi connectivity index (χ0) is 18.8. The molecule has 3 nitrogen and oxygen atoms in total. The minimum absolute atomic E-state index is 0.235.